The van der Waals surface area contributed by atoms with Crippen LogP contribution in [-0.2, 0) is 13.1 Å². The molecule has 6 heteroatoms. The van der Waals surface area contributed by atoms with Crippen LogP contribution in [0.3, 0.4) is 0 Å². The number of halogens is 1. The number of aryl methyl sites for hydroxylation is 1. The number of rotatable bonds is 6. The van der Waals surface area contributed by atoms with Crippen LogP contribution in [0, 0.1) is 6.92 Å². The third-order valence-corrected chi connectivity index (χ3v) is 6.22. The molecule has 29 heavy (non-hydrogen) atoms. The van der Waals surface area contributed by atoms with Crippen molar-refractivity contribution in [3.63, 3.8) is 0 Å². The van der Waals surface area contributed by atoms with E-state index in [2.05, 4.69) is 33.4 Å². The summed E-state index contributed by atoms with van der Waals surface area (Å²) in [6, 6.07) is 14.1. The minimum absolute atomic E-state index is 0.0406. The van der Waals surface area contributed by atoms with E-state index in [-0.39, 0.29) is 5.56 Å². The molecule has 0 aliphatic carbocycles. The number of nitrogens with zero attached hydrogens (tertiary/aromatic N) is 3. The molecule has 0 unspecified atom stereocenters. The third-order valence-electron chi connectivity index (χ3n) is 5.82. The van der Waals surface area contributed by atoms with Gasteiger partial charge in [0.2, 0.25) is 0 Å². The second-order valence-corrected chi connectivity index (χ2v) is 8.22. The Balaban J connectivity index is 1.28. The normalized spacial score (nSPS) is 15.8. The van der Waals surface area contributed by atoms with Crippen LogP contribution in [0.1, 0.15) is 24.0 Å². The summed E-state index contributed by atoms with van der Waals surface area (Å²) in [5.41, 5.74) is 4.16. The van der Waals surface area contributed by atoms with Crippen LogP contribution in [0.4, 0.5) is 0 Å². The SMILES string of the molecule is Cc1ccc(CNC2CCN(CCn3c(=O)ccc4ncccc43)CC2)cc1Cl. The zero-order valence-corrected chi connectivity index (χ0v) is 17.5. The van der Waals surface area contributed by atoms with Gasteiger partial charge in [-0.1, -0.05) is 23.7 Å². The molecule has 1 aliphatic rings. The van der Waals surface area contributed by atoms with E-state index in [0.29, 0.717) is 12.6 Å². The van der Waals surface area contributed by atoms with E-state index >= 15 is 0 Å². The average molecular weight is 411 g/mol. The number of hydrogen-bond acceptors (Lipinski definition) is 4. The van der Waals surface area contributed by atoms with Gasteiger partial charge in [-0.15, -0.1) is 0 Å². The molecule has 1 fully saturated rings. The number of piperidine rings is 1. The summed E-state index contributed by atoms with van der Waals surface area (Å²) in [6.07, 6.45) is 4.00. The summed E-state index contributed by atoms with van der Waals surface area (Å²) >= 11 is 6.22. The topological polar surface area (TPSA) is 50.2 Å². The average Bonchev–Trinajstić information content (AvgIpc) is 2.75. The molecule has 3 aromatic rings. The van der Waals surface area contributed by atoms with E-state index in [0.717, 1.165) is 60.6 Å². The number of aromatic nitrogens is 2. The van der Waals surface area contributed by atoms with Gasteiger partial charge in [-0.2, -0.15) is 0 Å². The molecule has 0 spiro atoms. The summed E-state index contributed by atoms with van der Waals surface area (Å²) in [5, 5.41) is 4.49. The standard InChI is InChI=1S/C23H27ClN4O/c1-17-4-5-18(15-20(17)24)16-26-19-8-11-27(12-9-19)13-14-28-22-3-2-10-25-21(22)6-7-23(28)29/h2-7,10,15,19,26H,8-9,11-14,16H2,1H3. The second kappa shape index (κ2) is 9.08. The van der Waals surface area contributed by atoms with Gasteiger partial charge in [0.1, 0.15) is 0 Å². The zero-order valence-electron chi connectivity index (χ0n) is 16.8. The molecule has 0 atom stereocenters. The molecule has 1 saturated heterocycles. The predicted octanol–water partition coefficient (Wildman–Crippen LogP) is 3.61. The lowest BCUT2D eigenvalue weighted by Gasteiger charge is -2.32. The van der Waals surface area contributed by atoms with E-state index < -0.39 is 0 Å². The summed E-state index contributed by atoms with van der Waals surface area (Å²) in [7, 11) is 0. The van der Waals surface area contributed by atoms with Crippen molar-refractivity contribution in [2.75, 3.05) is 19.6 Å². The summed E-state index contributed by atoms with van der Waals surface area (Å²) in [5.74, 6) is 0. The number of hydrogen-bond donors (Lipinski definition) is 1. The van der Waals surface area contributed by atoms with Crippen LogP contribution in [-0.4, -0.2) is 40.1 Å². The van der Waals surface area contributed by atoms with Gasteiger partial charge in [0.15, 0.2) is 0 Å². The Bertz CT molecular complexity index is 1040. The van der Waals surface area contributed by atoms with E-state index in [1.807, 2.05) is 23.6 Å². The van der Waals surface area contributed by atoms with Crippen LogP contribution in [0.5, 0.6) is 0 Å². The Kier molecular flexibility index (Phi) is 6.28. The fourth-order valence-electron chi connectivity index (χ4n) is 3.97. The quantitative estimate of drug-likeness (QED) is 0.674. The van der Waals surface area contributed by atoms with Gasteiger partial charge >= 0.3 is 0 Å². The van der Waals surface area contributed by atoms with Crippen molar-refractivity contribution in [2.45, 2.75) is 38.9 Å². The highest BCUT2D eigenvalue weighted by Gasteiger charge is 2.19. The van der Waals surface area contributed by atoms with Crippen molar-refractivity contribution < 1.29 is 0 Å². The highest BCUT2D eigenvalue weighted by atomic mass is 35.5. The van der Waals surface area contributed by atoms with Crippen molar-refractivity contribution in [3.05, 3.63) is 75.2 Å². The first-order valence-corrected chi connectivity index (χ1v) is 10.6. The maximum atomic E-state index is 12.3. The van der Waals surface area contributed by atoms with E-state index in [9.17, 15) is 4.79 Å². The zero-order chi connectivity index (χ0) is 20.2. The highest BCUT2D eigenvalue weighted by Crippen LogP contribution is 2.17. The maximum Gasteiger partial charge on any atom is 0.251 e. The number of likely N-dealkylation sites (tertiary alicyclic amines) is 1. The van der Waals surface area contributed by atoms with Crippen LogP contribution >= 0.6 is 11.6 Å². The van der Waals surface area contributed by atoms with Crippen molar-refractivity contribution in [1.82, 2.24) is 19.8 Å². The highest BCUT2D eigenvalue weighted by molar-refractivity contribution is 6.31. The monoisotopic (exact) mass is 410 g/mol. The number of benzene rings is 1. The number of nitrogens with one attached hydrogen (secondary N) is 1. The smallest absolute Gasteiger partial charge is 0.251 e. The Morgan fingerprint density at radius 3 is 2.76 bits per heavy atom. The minimum Gasteiger partial charge on any atom is -0.310 e. The van der Waals surface area contributed by atoms with Crippen LogP contribution in [0.2, 0.25) is 5.02 Å². The molecular formula is C23H27ClN4O. The molecule has 0 saturated carbocycles. The lowest BCUT2D eigenvalue weighted by Crippen LogP contribution is -2.43. The molecule has 0 radical (unpaired) electrons. The van der Waals surface area contributed by atoms with Crippen molar-refractivity contribution in [1.29, 1.82) is 0 Å². The minimum atomic E-state index is 0.0406. The van der Waals surface area contributed by atoms with Gasteiger partial charge in [0, 0.05) is 43.0 Å². The maximum absolute atomic E-state index is 12.3. The van der Waals surface area contributed by atoms with Gasteiger partial charge < -0.3 is 14.8 Å². The molecular weight excluding hydrogens is 384 g/mol. The number of fused-ring (bicyclic) bond motifs is 1. The van der Waals surface area contributed by atoms with Gasteiger partial charge in [-0.3, -0.25) is 9.78 Å². The van der Waals surface area contributed by atoms with Crippen molar-refractivity contribution >= 4 is 22.6 Å². The molecule has 1 N–H and O–H groups in total. The van der Waals surface area contributed by atoms with Gasteiger partial charge in [0.25, 0.3) is 5.56 Å². The molecule has 4 rings (SSSR count). The van der Waals surface area contributed by atoms with Gasteiger partial charge in [0.05, 0.1) is 11.0 Å². The summed E-state index contributed by atoms with van der Waals surface area (Å²) in [4.78, 5) is 19.1. The van der Waals surface area contributed by atoms with Crippen LogP contribution in [0.15, 0.2) is 53.5 Å². The largest absolute Gasteiger partial charge is 0.310 e. The van der Waals surface area contributed by atoms with Crippen molar-refractivity contribution in [2.24, 2.45) is 0 Å². The third kappa shape index (κ3) is 4.86. The summed E-state index contributed by atoms with van der Waals surface area (Å²) < 4.78 is 1.84. The number of pyridine rings is 2. The first-order chi connectivity index (χ1) is 14.1. The Morgan fingerprint density at radius 1 is 1.14 bits per heavy atom. The molecule has 5 nitrogen and oxygen atoms in total. The second-order valence-electron chi connectivity index (χ2n) is 7.81. The van der Waals surface area contributed by atoms with Crippen LogP contribution in [0.25, 0.3) is 11.0 Å². The van der Waals surface area contributed by atoms with Crippen molar-refractivity contribution in [3.8, 4) is 0 Å². The lowest BCUT2D eigenvalue weighted by atomic mass is 10.0. The first kappa shape index (κ1) is 20.1. The van der Waals surface area contributed by atoms with E-state index in [1.165, 1.54) is 5.56 Å². The molecule has 1 aromatic carbocycles. The fourth-order valence-corrected chi connectivity index (χ4v) is 4.17. The molecule has 152 valence electrons. The summed E-state index contributed by atoms with van der Waals surface area (Å²) in [6.45, 7) is 6.55. The predicted molar refractivity (Wildman–Crippen MR) is 118 cm³/mol. The van der Waals surface area contributed by atoms with Gasteiger partial charge in [-0.25, -0.2) is 0 Å². The Hall–Kier alpha value is -2.21. The lowest BCUT2D eigenvalue weighted by molar-refractivity contribution is 0.191. The Labute approximate surface area is 176 Å². The van der Waals surface area contributed by atoms with Crippen LogP contribution < -0.4 is 10.9 Å². The van der Waals surface area contributed by atoms with E-state index in [1.54, 1.807) is 18.3 Å². The van der Waals surface area contributed by atoms with E-state index in [4.69, 9.17) is 11.6 Å². The van der Waals surface area contributed by atoms with Gasteiger partial charge in [-0.05, 0) is 68.2 Å². The molecule has 0 amide bonds. The first-order valence-electron chi connectivity index (χ1n) is 10.3. The molecule has 0 bridgehead atoms. The fraction of sp³-hybridized carbons (Fsp3) is 0.391. The molecule has 3 heterocycles. The Morgan fingerprint density at radius 2 is 1.97 bits per heavy atom. The molecule has 1 aliphatic heterocycles. The molecule has 2 aromatic heterocycles.